The van der Waals surface area contributed by atoms with Crippen LogP contribution in [0, 0.1) is 11.8 Å². The van der Waals surface area contributed by atoms with Gasteiger partial charge in [0.1, 0.15) is 6.29 Å². The van der Waals surface area contributed by atoms with Crippen LogP contribution in [-0.4, -0.2) is 49.8 Å². The number of hydrogen-bond donors (Lipinski definition) is 1. The molecule has 0 aromatic rings. The largest absolute Gasteiger partial charge is 0.469 e. The topological polar surface area (TPSA) is 89.7 Å². The van der Waals surface area contributed by atoms with Crippen LogP contribution < -0.4 is 5.73 Å². The third-order valence-corrected chi connectivity index (χ3v) is 3.85. The molecule has 0 aromatic carbocycles. The summed E-state index contributed by atoms with van der Waals surface area (Å²) in [6.07, 6.45) is 3.40. The van der Waals surface area contributed by atoms with E-state index in [0.29, 0.717) is 13.0 Å². The molecule has 1 amide bonds. The lowest BCUT2D eigenvalue weighted by Gasteiger charge is -2.22. The molecule has 1 aliphatic heterocycles. The van der Waals surface area contributed by atoms with Crippen molar-refractivity contribution in [2.45, 2.75) is 45.6 Å². The van der Waals surface area contributed by atoms with Crippen molar-refractivity contribution >= 4 is 18.2 Å². The Balaban J connectivity index is 0.00000191. The molecule has 0 aliphatic carbocycles. The Kier molecular flexibility index (Phi) is 9.62. The summed E-state index contributed by atoms with van der Waals surface area (Å²) >= 11 is 0. The maximum absolute atomic E-state index is 12.4. The number of ether oxygens (including phenoxy) is 1. The molecule has 21 heavy (non-hydrogen) atoms. The minimum Gasteiger partial charge on any atom is -0.469 e. The van der Waals surface area contributed by atoms with Crippen molar-refractivity contribution < 1.29 is 19.1 Å². The molecule has 122 valence electrons. The highest BCUT2D eigenvalue weighted by molar-refractivity contribution is 5.87. The van der Waals surface area contributed by atoms with Crippen LogP contribution >= 0.6 is 0 Å². The Bertz CT molecular complexity index is 347. The second kappa shape index (κ2) is 10.3. The molecule has 1 fully saturated rings. The Labute approximate surface area is 127 Å². The first-order valence-corrected chi connectivity index (χ1v) is 7.49. The van der Waals surface area contributed by atoms with Crippen LogP contribution in [0.3, 0.4) is 0 Å². The van der Waals surface area contributed by atoms with Crippen molar-refractivity contribution in [1.29, 1.82) is 0 Å². The van der Waals surface area contributed by atoms with Gasteiger partial charge in [-0.05, 0) is 25.8 Å². The summed E-state index contributed by atoms with van der Waals surface area (Å²) in [4.78, 5) is 36.4. The fraction of sp³-hybridized carbons (Fsp3) is 0.800. The number of nitrogens with two attached hydrogens (primary N) is 1. The van der Waals surface area contributed by atoms with Crippen LogP contribution in [0.2, 0.25) is 0 Å². The maximum atomic E-state index is 12.4. The highest BCUT2D eigenvalue weighted by atomic mass is 16.5. The van der Waals surface area contributed by atoms with Crippen LogP contribution in [0.4, 0.5) is 0 Å². The molecule has 0 aromatic heterocycles. The zero-order valence-corrected chi connectivity index (χ0v) is 13.5. The fourth-order valence-corrected chi connectivity index (χ4v) is 2.75. The fourth-order valence-electron chi connectivity index (χ4n) is 2.75. The summed E-state index contributed by atoms with van der Waals surface area (Å²) in [5.41, 5.74) is 4.50. The molecule has 0 saturated carbocycles. The number of carbonyl (C=O) groups excluding carboxylic acids is 3. The van der Waals surface area contributed by atoms with Gasteiger partial charge in [0.25, 0.3) is 0 Å². The van der Waals surface area contributed by atoms with E-state index >= 15 is 0 Å². The lowest BCUT2D eigenvalue weighted by molar-refractivity contribution is -0.145. The van der Waals surface area contributed by atoms with Crippen LogP contribution in [0.5, 0.6) is 0 Å². The van der Waals surface area contributed by atoms with E-state index in [9.17, 15) is 14.4 Å². The number of methoxy groups -OCH3 is 1. The highest BCUT2D eigenvalue weighted by Gasteiger charge is 2.43. The standard InChI is InChI=1S/C14H23NO4.CH5N/c1-4-6-10-8-15(11(5-2)9-16)14(18)12(10)7-13(17)19-3;1-2/h9-12H,4-8H2,1-3H3;2H2,1H3/t10-,11-,12?;/m0./s1. The number of hydrogen-bond acceptors (Lipinski definition) is 5. The van der Waals surface area contributed by atoms with E-state index in [2.05, 4.69) is 17.4 Å². The van der Waals surface area contributed by atoms with Gasteiger partial charge in [0.05, 0.1) is 25.5 Å². The quantitative estimate of drug-likeness (QED) is 0.559. The lowest BCUT2D eigenvalue weighted by atomic mass is 9.89. The van der Waals surface area contributed by atoms with Crippen LogP contribution in [0.1, 0.15) is 39.5 Å². The monoisotopic (exact) mass is 300 g/mol. The van der Waals surface area contributed by atoms with Gasteiger partial charge in [0.15, 0.2) is 0 Å². The zero-order valence-electron chi connectivity index (χ0n) is 13.5. The minimum absolute atomic E-state index is 0.0807. The normalized spacial score (nSPS) is 22.3. The molecule has 1 saturated heterocycles. The molecular formula is C15H28N2O4. The maximum Gasteiger partial charge on any atom is 0.306 e. The molecule has 2 N–H and O–H groups in total. The van der Waals surface area contributed by atoms with E-state index in [-0.39, 0.29) is 36.2 Å². The average molecular weight is 300 g/mol. The van der Waals surface area contributed by atoms with E-state index in [1.165, 1.54) is 14.2 Å². The van der Waals surface area contributed by atoms with Crippen molar-refractivity contribution in [3.05, 3.63) is 0 Å². The molecular weight excluding hydrogens is 272 g/mol. The average Bonchev–Trinajstić information content (AvgIpc) is 2.80. The Morgan fingerprint density at radius 2 is 2.10 bits per heavy atom. The molecule has 1 aliphatic rings. The summed E-state index contributed by atoms with van der Waals surface area (Å²) in [6.45, 7) is 4.51. The molecule has 1 rings (SSSR count). The third-order valence-electron chi connectivity index (χ3n) is 3.85. The number of rotatable bonds is 7. The number of nitrogens with zero attached hydrogens (tertiary/aromatic N) is 1. The Hall–Kier alpha value is -1.43. The van der Waals surface area contributed by atoms with Crippen LogP contribution in [-0.2, 0) is 19.1 Å². The first kappa shape index (κ1) is 19.6. The summed E-state index contributed by atoms with van der Waals surface area (Å²) in [7, 11) is 2.83. The molecule has 1 heterocycles. The van der Waals surface area contributed by atoms with Crippen molar-refractivity contribution in [2.75, 3.05) is 20.7 Å². The van der Waals surface area contributed by atoms with Crippen molar-refractivity contribution in [2.24, 2.45) is 17.6 Å². The predicted octanol–water partition coefficient (Wildman–Crippen LogP) is 0.977. The number of likely N-dealkylation sites (tertiary alicyclic amines) is 1. The van der Waals surface area contributed by atoms with E-state index in [1.807, 2.05) is 6.92 Å². The van der Waals surface area contributed by atoms with Gasteiger partial charge in [-0.1, -0.05) is 20.3 Å². The summed E-state index contributed by atoms with van der Waals surface area (Å²) in [6, 6.07) is -0.366. The highest BCUT2D eigenvalue weighted by Crippen LogP contribution is 2.32. The molecule has 0 bridgehead atoms. The van der Waals surface area contributed by atoms with E-state index in [0.717, 1.165) is 19.1 Å². The van der Waals surface area contributed by atoms with Gasteiger partial charge < -0.3 is 20.2 Å². The molecule has 0 spiro atoms. The Morgan fingerprint density at radius 1 is 1.48 bits per heavy atom. The molecule has 3 atom stereocenters. The smallest absolute Gasteiger partial charge is 0.306 e. The van der Waals surface area contributed by atoms with E-state index in [4.69, 9.17) is 0 Å². The van der Waals surface area contributed by atoms with Crippen LogP contribution in [0.15, 0.2) is 0 Å². The Morgan fingerprint density at radius 3 is 2.52 bits per heavy atom. The number of carbonyl (C=O) groups is 3. The van der Waals surface area contributed by atoms with Gasteiger partial charge in [0.2, 0.25) is 5.91 Å². The van der Waals surface area contributed by atoms with Gasteiger partial charge in [-0.25, -0.2) is 0 Å². The lowest BCUT2D eigenvalue weighted by Crippen LogP contribution is -2.38. The van der Waals surface area contributed by atoms with Gasteiger partial charge in [-0.15, -0.1) is 0 Å². The van der Waals surface area contributed by atoms with Crippen molar-refractivity contribution in [1.82, 2.24) is 4.90 Å². The molecule has 1 unspecified atom stereocenters. The molecule has 6 heteroatoms. The zero-order chi connectivity index (χ0) is 16.4. The first-order valence-electron chi connectivity index (χ1n) is 7.49. The third kappa shape index (κ3) is 5.12. The summed E-state index contributed by atoms with van der Waals surface area (Å²) < 4.78 is 4.66. The van der Waals surface area contributed by atoms with Crippen molar-refractivity contribution in [3.63, 3.8) is 0 Å². The van der Waals surface area contributed by atoms with E-state index in [1.54, 1.807) is 4.90 Å². The van der Waals surface area contributed by atoms with Gasteiger partial charge in [-0.2, -0.15) is 0 Å². The SMILES string of the molecule is CCC[C@H]1CN([C@H](C=O)CC)C(=O)C1CC(=O)OC.CN. The number of esters is 1. The van der Waals surface area contributed by atoms with E-state index < -0.39 is 0 Å². The summed E-state index contributed by atoms with van der Waals surface area (Å²) in [5, 5.41) is 0. The molecule has 6 nitrogen and oxygen atoms in total. The predicted molar refractivity (Wildman–Crippen MR) is 80.5 cm³/mol. The second-order valence-electron chi connectivity index (χ2n) is 5.04. The minimum atomic E-state index is -0.366. The van der Waals surface area contributed by atoms with Gasteiger partial charge in [-0.3, -0.25) is 9.59 Å². The van der Waals surface area contributed by atoms with Gasteiger partial charge in [0, 0.05) is 6.54 Å². The second-order valence-corrected chi connectivity index (χ2v) is 5.04. The van der Waals surface area contributed by atoms with Crippen molar-refractivity contribution in [3.8, 4) is 0 Å². The number of aldehydes is 1. The molecule has 0 radical (unpaired) electrons. The summed E-state index contributed by atoms with van der Waals surface area (Å²) in [5.74, 6) is -0.629. The van der Waals surface area contributed by atoms with Crippen LogP contribution in [0.25, 0.3) is 0 Å². The van der Waals surface area contributed by atoms with Gasteiger partial charge >= 0.3 is 5.97 Å². The first-order chi connectivity index (χ1) is 10.1. The number of amides is 1.